The minimum atomic E-state index is -0.363. The van der Waals surface area contributed by atoms with E-state index in [0.717, 1.165) is 62.5 Å². The van der Waals surface area contributed by atoms with Gasteiger partial charge in [-0.25, -0.2) is 0 Å². The van der Waals surface area contributed by atoms with Crippen LogP contribution in [-0.2, 0) is 19.3 Å². The van der Waals surface area contributed by atoms with Crippen LogP contribution in [0.25, 0.3) is 0 Å². The SMILES string of the molecule is CCc1c(CCNCCCCCCNCCc2ccc([N+](=O)[O-])cc2)ccc(OC)c1OC.Cl.Cl. The lowest BCUT2D eigenvalue weighted by Gasteiger charge is -2.16. The summed E-state index contributed by atoms with van der Waals surface area (Å²) in [6.45, 7) is 6.07. The number of non-ortho nitro benzene ring substituents is 1. The lowest BCUT2D eigenvalue weighted by Crippen LogP contribution is -2.20. The van der Waals surface area contributed by atoms with E-state index in [9.17, 15) is 10.1 Å². The zero-order valence-electron chi connectivity index (χ0n) is 21.1. The van der Waals surface area contributed by atoms with Crippen molar-refractivity contribution in [2.45, 2.75) is 51.9 Å². The number of halogens is 2. The zero-order valence-corrected chi connectivity index (χ0v) is 22.8. The van der Waals surface area contributed by atoms with Crippen LogP contribution in [0.1, 0.15) is 49.3 Å². The number of ether oxygens (including phenoxy) is 2. The summed E-state index contributed by atoms with van der Waals surface area (Å²) in [6.07, 6.45) is 7.62. The van der Waals surface area contributed by atoms with Crippen LogP contribution in [0.5, 0.6) is 11.5 Å². The van der Waals surface area contributed by atoms with Gasteiger partial charge in [-0.15, -0.1) is 24.8 Å². The Balaban J connectivity index is 0.00000578. The topological polar surface area (TPSA) is 85.7 Å². The van der Waals surface area contributed by atoms with Crippen molar-refractivity contribution in [3.05, 3.63) is 63.2 Å². The third-order valence-electron chi connectivity index (χ3n) is 5.86. The van der Waals surface area contributed by atoms with Crippen LogP contribution in [0.3, 0.4) is 0 Å². The van der Waals surface area contributed by atoms with Gasteiger partial charge in [0.1, 0.15) is 0 Å². The predicted molar refractivity (Wildman–Crippen MR) is 148 cm³/mol. The highest BCUT2D eigenvalue weighted by molar-refractivity contribution is 5.85. The van der Waals surface area contributed by atoms with Crippen LogP contribution in [0.15, 0.2) is 36.4 Å². The molecule has 35 heavy (non-hydrogen) atoms. The van der Waals surface area contributed by atoms with Crippen molar-refractivity contribution >= 4 is 30.5 Å². The third kappa shape index (κ3) is 11.5. The molecule has 0 aliphatic rings. The Kier molecular flexibility index (Phi) is 18.0. The molecule has 0 radical (unpaired) electrons. The van der Waals surface area contributed by atoms with E-state index in [1.165, 1.54) is 36.8 Å². The van der Waals surface area contributed by atoms with Gasteiger partial charge < -0.3 is 20.1 Å². The van der Waals surface area contributed by atoms with Gasteiger partial charge in [0.15, 0.2) is 11.5 Å². The van der Waals surface area contributed by atoms with E-state index in [2.05, 4.69) is 23.6 Å². The van der Waals surface area contributed by atoms with E-state index in [-0.39, 0.29) is 35.4 Å². The smallest absolute Gasteiger partial charge is 0.269 e. The first-order chi connectivity index (χ1) is 16.1. The molecule has 9 heteroatoms. The van der Waals surface area contributed by atoms with E-state index in [1.807, 2.05) is 18.2 Å². The molecular weight excluding hydrogens is 489 g/mol. The number of benzene rings is 2. The highest BCUT2D eigenvalue weighted by Crippen LogP contribution is 2.33. The van der Waals surface area contributed by atoms with Crippen LogP contribution >= 0.6 is 24.8 Å². The molecule has 0 bridgehead atoms. The second-order valence-electron chi connectivity index (χ2n) is 8.13. The average Bonchev–Trinajstić information content (AvgIpc) is 2.84. The molecule has 0 amide bonds. The predicted octanol–water partition coefficient (Wildman–Crippen LogP) is 5.54. The quantitative estimate of drug-likeness (QED) is 0.159. The summed E-state index contributed by atoms with van der Waals surface area (Å²) in [5, 5.41) is 17.7. The van der Waals surface area contributed by atoms with Crippen molar-refractivity contribution in [3.8, 4) is 11.5 Å². The summed E-state index contributed by atoms with van der Waals surface area (Å²) >= 11 is 0. The van der Waals surface area contributed by atoms with Crippen molar-refractivity contribution in [2.75, 3.05) is 40.4 Å². The fourth-order valence-electron chi connectivity index (χ4n) is 4.00. The fourth-order valence-corrected chi connectivity index (χ4v) is 4.00. The molecule has 2 aromatic carbocycles. The Morgan fingerprint density at radius 1 is 0.800 bits per heavy atom. The van der Waals surface area contributed by atoms with Crippen molar-refractivity contribution in [2.24, 2.45) is 0 Å². The minimum absolute atomic E-state index is 0. The summed E-state index contributed by atoms with van der Waals surface area (Å²) in [7, 11) is 3.38. The summed E-state index contributed by atoms with van der Waals surface area (Å²) in [6, 6.07) is 11.0. The van der Waals surface area contributed by atoms with Crippen LogP contribution in [0.2, 0.25) is 0 Å². The Hall–Kier alpha value is -2.06. The molecule has 7 nitrogen and oxygen atoms in total. The van der Waals surface area contributed by atoms with Crippen molar-refractivity contribution in [1.82, 2.24) is 10.6 Å². The Morgan fingerprint density at radius 3 is 1.91 bits per heavy atom. The molecule has 2 N–H and O–H groups in total. The first kappa shape index (κ1) is 32.9. The number of nitro benzene ring substituents is 1. The number of hydrogen-bond donors (Lipinski definition) is 2. The standard InChI is InChI=1S/C26H39N3O4.2ClH/c1-4-24-22(11-14-25(32-2)26(24)33-3)16-20-28-18-8-6-5-7-17-27-19-15-21-9-12-23(13-10-21)29(30)31;;/h9-14,27-28H,4-8,15-20H2,1-3H3;2*1H. The number of nitrogens with one attached hydrogen (secondary N) is 2. The third-order valence-corrected chi connectivity index (χ3v) is 5.86. The molecule has 0 aromatic heterocycles. The maximum Gasteiger partial charge on any atom is 0.269 e. The first-order valence-corrected chi connectivity index (χ1v) is 12.0. The second-order valence-corrected chi connectivity index (χ2v) is 8.13. The van der Waals surface area contributed by atoms with Crippen LogP contribution < -0.4 is 20.1 Å². The molecule has 0 spiro atoms. The molecule has 2 aromatic rings. The maximum absolute atomic E-state index is 10.7. The summed E-state index contributed by atoms with van der Waals surface area (Å²) < 4.78 is 11.0. The summed E-state index contributed by atoms with van der Waals surface area (Å²) in [5.74, 6) is 1.66. The summed E-state index contributed by atoms with van der Waals surface area (Å²) in [4.78, 5) is 10.3. The zero-order chi connectivity index (χ0) is 23.9. The molecule has 0 saturated heterocycles. The Labute approximate surface area is 222 Å². The van der Waals surface area contributed by atoms with Gasteiger partial charge in [0.05, 0.1) is 19.1 Å². The highest BCUT2D eigenvalue weighted by atomic mass is 35.5. The van der Waals surface area contributed by atoms with Gasteiger partial charge in [-0.3, -0.25) is 10.1 Å². The molecular formula is C26H41Cl2N3O4. The van der Waals surface area contributed by atoms with E-state index in [4.69, 9.17) is 9.47 Å². The van der Waals surface area contributed by atoms with Gasteiger partial charge in [0.25, 0.3) is 5.69 Å². The number of methoxy groups -OCH3 is 2. The largest absolute Gasteiger partial charge is 0.493 e. The number of nitrogens with zero attached hydrogens (tertiary/aromatic N) is 1. The molecule has 0 heterocycles. The lowest BCUT2D eigenvalue weighted by atomic mass is 10.0. The van der Waals surface area contributed by atoms with Crippen molar-refractivity contribution < 1.29 is 14.4 Å². The molecule has 0 aliphatic heterocycles. The molecule has 0 fully saturated rings. The van der Waals surface area contributed by atoms with E-state index in [0.29, 0.717) is 0 Å². The highest BCUT2D eigenvalue weighted by Gasteiger charge is 2.13. The monoisotopic (exact) mass is 529 g/mol. The van der Waals surface area contributed by atoms with Crippen LogP contribution in [0.4, 0.5) is 5.69 Å². The Morgan fingerprint density at radius 2 is 1.40 bits per heavy atom. The van der Waals surface area contributed by atoms with Crippen molar-refractivity contribution in [3.63, 3.8) is 0 Å². The molecule has 2 rings (SSSR count). The van der Waals surface area contributed by atoms with E-state index >= 15 is 0 Å². The summed E-state index contributed by atoms with van der Waals surface area (Å²) in [5.41, 5.74) is 3.83. The van der Waals surface area contributed by atoms with E-state index in [1.54, 1.807) is 26.4 Å². The number of rotatable bonds is 17. The van der Waals surface area contributed by atoms with E-state index < -0.39 is 0 Å². The Bertz CT molecular complexity index is 851. The number of hydrogen-bond acceptors (Lipinski definition) is 6. The number of nitro groups is 1. The van der Waals surface area contributed by atoms with Gasteiger partial charge in [0, 0.05) is 17.7 Å². The molecule has 0 unspecified atom stereocenters. The minimum Gasteiger partial charge on any atom is -0.493 e. The van der Waals surface area contributed by atoms with Gasteiger partial charge >= 0.3 is 0 Å². The van der Waals surface area contributed by atoms with Crippen molar-refractivity contribution in [1.29, 1.82) is 0 Å². The van der Waals surface area contributed by atoms with Gasteiger partial charge in [-0.1, -0.05) is 38.0 Å². The second kappa shape index (κ2) is 19.2. The fraction of sp³-hybridized carbons (Fsp3) is 0.538. The van der Waals surface area contributed by atoms with Crippen LogP contribution in [0, 0.1) is 10.1 Å². The maximum atomic E-state index is 10.7. The molecule has 0 atom stereocenters. The van der Waals surface area contributed by atoms with Gasteiger partial charge in [0.2, 0.25) is 0 Å². The van der Waals surface area contributed by atoms with Gasteiger partial charge in [-0.05, 0) is 75.5 Å². The average molecular weight is 531 g/mol. The lowest BCUT2D eigenvalue weighted by molar-refractivity contribution is -0.384. The first-order valence-electron chi connectivity index (χ1n) is 12.0. The molecule has 198 valence electrons. The van der Waals surface area contributed by atoms with Gasteiger partial charge in [-0.2, -0.15) is 0 Å². The molecule has 0 saturated carbocycles. The number of unbranched alkanes of at least 4 members (excludes halogenated alkanes) is 3. The molecule has 0 aliphatic carbocycles. The van der Waals surface area contributed by atoms with Crippen LogP contribution in [-0.4, -0.2) is 45.3 Å². The normalized spacial score (nSPS) is 10.3.